The van der Waals surface area contributed by atoms with Gasteiger partial charge in [-0.3, -0.25) is 34.5 Å². The summed E-state index contributed by atoms with van der Waals surface area (Å²) >= 11 is 21.2. The van der Waals surface area contributed by atoms with Crippen LogP contribution < -0.4 is 16.4 Å². The Labute approximate surface area is 425 Å². The van der Waals surface area contributed by atoms with E-state index in [1.807, 2.05) is 11.2 Å². The Hall–Kier alpha value is -7.07. The van der Waals surface area contributed by atoms with Crippen molar-refractivity contribution in [3.63, 3.8) is 0 Å². The predicted octanol–water partition coefficient (Wildman–Crippen LogP) is 10.6. The van der Waals surface area contributed by atoms with Crippen LogP contribution in [0.2, 0.25) is 10.0 Å². The summed E-state index contributed by atoms with van der Waals surface area (Å²) in [5, 5.41) is 7.25. The van der Waals surface area contributed by atoms with Gasteiger partial charge in [-0.1, -0.05) is 59.6 Å². The molecule has 0 spiro atoms. The number of esters is 2. The van der Waals surface area contributed by atoms with E-state index in [0.29, 0.717) is 29.8 Å². The number of alkyl halides is 6. The van der Waals surface area contributed by atoms with Crippen molar-refractivity contribution in [1.29, 1.82) is 0 Å². The molecule has 0 aliphatic rings. The van der Waals surface area contributed by atoms with Gasteiger partial charge < -0.3 is 20.5 Å². The smallest absolute Gasteiger partial charge is 0.416 e. The number of nitrogens with zero attached hydrogens (tertiary/aromatic N) is 3. The van der Waals surface area contributed by atoms with E-state index in [4.69, 9.17) is 45.9 Å². The van der Waals surface area contributed by atoms with Crippen molar-refractivity contribution < 1.29 is 63.8 Å². The number of nitrogens with one attached hydrogen (secondary N) is 2. The van der Waals surface area contributed by atoms with Gasteiger partial charge in [0.25, 0.3) is 11.8 Å². The molecular formula is C48H36Cl2F8N6O6S2. The van der Waals surface area contributed by atoms with E-state index in [0.717, 1.165) is 26.4 Å². The SMILES string of the molecule is COC(=O)C[C@](N)(c1cc(F)cc(C(F)(F)F)c1)c1ccc(Cl)cn1.COC(=O)C[C@](NC(=S)NC(=O)c1ccccc1)(c1cc(F)cc(C(F)(F)F)c1)c1ccc(Cl)cn1.O=C(N=C=S)c1ccccc1. The Balaban J connectivity index is 0.000000268. The molecule has 0 aliphatic heterocycles. The molecule has 0 bridgehead atoms. The van der Waals surface area contributed by atoms with E-state index in [9.17, 15) is 54.3 Å². The average Bonchev–Trinajstić information content (AvgIpc) is 3.34. The lowest BCUT2D eigenvalue weighted by molar-refractivity contribution is -0.142. The first kappa shape index (κ1) is 57.5. The first-order valence-corrected chi connectivity index (χ1v) is 21.7. The number of methoxy groups -OCH3 is 2. The number of carbonyl (C=O) groups excluding carboxylic acids is 4. The monoisotopic (exact) mass is 1080 g/mol. The van der Waals surface area contributed by atoms with Crippen molar-refractivity contribution in [2.24, 2.45) is 10.7 Å². The summed E-state index contributed by atoms with van der Waals surface area (Å²) in [5.41, 5.74) is 0.0394. The molecule has 0 unspecified atom stereocenters. The lowest BCUT2D eigenvalue weighted by Crippen LogP contribution is -2.53. The zero-order chi connectivity index (χ0) is 53.4. The van der Waals surface area contributed by atoms with Gasteiger partial charge in [0.05, 0.1) is 70.3 Å². The van der Waals surface area contributed by atoms with Crippen LogP contribution in [0.4, 0.5) is 35.1 Å². The molecule has 6 aromatic rings. The Morgan fingerprint density at radius 3 is 1.56 bits per heavy atom. The number of amides is 2. The molecule has 376 valence electrons. The van der Waals surface area contributed by atoms with Crippen LogP contribution in [-0.4, -0.2) is 58.2 Å². The van der Waals surface area contributed by atoms with Crippen LogP contribution in [0.5, 0.6) is 0 Å². The van der Waals surface area contributed by atoms with Crippen LogP contribution in [0.3, 0.4) is 0 Å². The van der Waals surface area contributed by atoms with Gasteiger partial charge in [-0.2, -0.15) is 31.3 Å². The van der Waals surface area contributed by atoms with Crippen LogP contribution in [0.15, 0.2) is 139 Å². The number of isothiocyanates is 1. The lowest BCUT2D eigenvalue weighted by atomic mass is 9.82. The second-order valence-corrected chi connectivity index (χ2v) is 16.2. The third-order valence-corrected chi connectivity index (χ3v) is 10.6. The number of rotatable bonds is 11. The molecule has 4 N–H and O–H groups in total. The second-order valence-electron chi connectivity index (χ2n) is 14.7. The fourth-order valence-electron chi connectivity index (χ4n) is 6.41. The number of benzene rings is 4. The minimum Gasteiger partial charge on any atom is -0.469 e. The third-order valence-electron chi connectivity index (χ3n) is 9.85. The summed E-state index contributed by atoms with van der Waals surface area (Å²) in [6.45, 7) is 0. The molecule has 2 amide bonds. The highest BCUT2D eigenvalue weighted by Gasteiger charge is 2.43. The zero-order valence-electron chi connectivity index (χ0n) is 37.1. The second kappa shape index (κ2) is 25.4. The molecule has 24 heteroatoms. The van der Waals surface area contributed by atoms with Gasteiger partial charge in [0.2, 0.25) is 0 Å². The van der Waals surface area contributed by atoms with Gasteiger partial charge in [-0.25, -0.2) is 8.78 Å². The summed E-state index contributed by atoms with van der Waals surface area (Å²) in [5.74, 6) is -5.01. The molecule has 12 nitrogen and oxygen atoms in total. The molecule has 2 heterocycles. The first-order valence-electron chi connectivity index (χ1n) is 20.1. The Morgan fingerprint density at radius 1 is 0.653 bits per heavy atom. The van der Waals surface area contributed by atoms with E-state index in [2.05, 4.69) is 42.5 Å². The standard InChI is InChI=1S/C24H18ClF4N3O3S.C16H13ClF4N2O2.C8H5NOS/c1-35-20(33)12-23(19-8-7-17(25)13-30-19,15-9-16(24(27,28)29)11-18(26)10-15)32-22(36)31-21(34)14-5-3-2-4-6-14;1-25-14(24)7-15(22,13-3-2-11(17)8-23-13)9-4-10(16(19,20)21)6-12(18)5-9;10-8(9-6-11)7-4-2-1-3-5-7/h2-11,13H,12H2,1H3,(H2,31,32,34,36);2-6,8H,7,22H2,1H3;1-5H/t23-;15-;/m00./s1. The number of nitrogens with two attached hydrogens (primary N) is 1. The number of aliphatic imine (C=N–C) groups is 1. The van der Waals surface area contributed by atoms with Crippen molar-refractivity contribution in [3.8, 4) is 0 Å². The van der Waals surface area contributed by atoms with E-state index >= 15 is 0 Å². The predicted molar refractivity (Wildman–Crippen MR) is 256 cm³/mol. The highest BCUT2D eigenvalue weighted by Crippen LogP contribution is 2.39. The summed E-state index contributed by atoms with van der Waals surface area (Å²) < 4.78 is 117. The summed E-state index contributed by atoms with van der Waals surface area (Å²) in [6.07, 6.45) is -8.47. The van der Waals surface area contributed by atoms with Gasteiger partial charge in [0, 0.05) is 23.5 Å². The summed E-state index contributed by atoms with van der Waals surface area (Å²) in [4.78, 5) is 59.2. The van der Waals surface area contributed by atoms with Crippen LogP contribution in [-0.2, 0) is 42.5 Å². The van der Waals surface area contributed by atoms with Crippen molar-refractivity contribution >= 4 is 81.7 Å². The third kappa shape index (κ3) is 16.0. The summed E-state index contributed by atoms with van der Waals surface area (Å²) in [6, 6.07) is 25.8. The molecule has 0 saturated carbocycles. The quantitative estimate of drug-likeness (QED) is 0.0485. The minimum absolute atomic E-state index is 0.0349. The molecule has 4 aromatic carbocycles. The molecule has 0 fully saturated rings. The lowest BCUT2D eigenvalue weighted by Gasteiger charge is -2.35. The number of hydrogen-bond acceptors (Lipinski definition) is 11. The molecule has 2 atom stereocenters. The Bertz CT molecular complexity index is 2940. The normalized spacial score (nSPS) is 12.6. The number of halogens is 10. The number of ether oxygens (including phenoxy) is 2. The maximum Gasteiger partial charge on any atom is 0.416 e. The topological polar surface area (TPSA) is 175 Å². The van der Waals surface area contributed by atoms with E-state index in [1.165, 1.54) is 48.8 Å². The van der Waals surface area contributed by atoms with Crippen LogP contribution in [0.25, 0.3) is 0 Å². The maximum atomic E-state index is 14.5. The van der Waals surface area contributed by atoms with Crippen molar-refractivity contribution in [2.75, 3.05) is 14.2 Å². The van der Waals surface area contributed by atoms with Crippen LogP contribution in [0, 0.1) is 11.6 Å². The number of hydrogen-bond donors (Lipinski definition) is 3. The Kier molecular flexibility index (Phi) is 20.3. The number of pyridine rings is 2. The van der Waals surface area contributed by atoms with E-state index in [-0.39, 0.29) is 49.1 Å². The number of thiocarbonyl (C=S) groups is 2. The van der Waals surface area contributed by atoms with E-state index < -0.39 is 76.9 Å². The molecule has 6 rings (SSSR count). The van der Waals surface area contributed by atoms with Crippen LogP contribution >= 0.6 is 47.6 Å². The highest BCUT2D eigenvalue weighted by molar-refractivity contribution is 7.80. The van der Waals surface area contributed by atoms with Crippen molar-refractivity contribution in [1.82, 2.24) is 20.6 Å². The zero-order valence-corrected chi connectivity index (χ0v) is 40.2. The van der Waals surface area contributed by atoms with Gasteiger partial charge in [0.15, 0.2) is 5.11 Å². The molecule has 0 saturated heterocycles. The summed E-state index contributed by atoms with van der Waals surface area (Å²) in [7, 11) is 2.18. The maximum absolute atomic E-state index is 14.5. The fraction of sp³-hybridized carbons (Fsp3) is 0.167. The van der Waals surface area contributed by atoms with Crippen LogP contribution in [0.1, 0.15) is 67.2 Å². The molecule has 2 aromatic heterocycles. The molecule has 0 aliphatic carbocycles. The average molecular weight is 1080 g/mol. The fourth-order valence-corrected chi connectivity index (χ4v) is 6.98. The number of carbonyl (C=O) groups is 4. The number of aromatic nitrogens is 2. The van der Waals surface area contributed by atoms with Gasteiger partial charge >= 0.3 is 24.3 Å². The molecule has 0 radical (unpaired) electrons. The van der Waals surface area contributed by atoms with Gasteiger partial charge in [-0.05, 0) is 120 Å². The largest absolute Gasteiger partial charge is 0.469 e. The van der Waals surface area contributed by atoms with Crippen molar-refractivity contribution in [3.05, 3.63) is 200 Å². The van der Waals surface area contributed by atoms with Gasteiger partial charge in [-0.15, -0.1) is 0 Å². The first-order chi connectivity index (χ1) is 33.8. The minimum atomic E-state index is -4.90. The Morgan fingerprint density at radius 2 is 1.10 bits per heavy atom. The van der Waals surface area contributed by atoms with Gasteiger partial charge in [0.1, 0.15) is 17.2 Å². The van der Waals surface area contributed by atoms with E-state index in [1.54, 1.807) is 42.5 Å². The molecular weight excluding hydrogens is 1040 g/mol. The van der Waals surface area contributed by atoms with Crippen molar-refractivity contribution in [2.45, 2.75) is 36.3 Å². The molecule has 72 heavy (non-hydrogen) atoms. The highest BCUT2D eigenvalue weighted by atomic mass is 35.5.